The van der Waals surface area contributed by atoms with E-state index in [0.717, 1.165) is 5.57 Å². The number of ketones is 1. The van der Waals surface area contributed by atoms with Gasteiger partial charge in [0.05, 0.1) is 5.56 Å². The highest BCUT2D eigenvalue weighted by Gasteiger charge is 2.33. The first-order valence-electron chi connectivity index (χ1n) is 5.75. The van der Waals surface area contributed by atoms with Gasteiger partial charge in [-0.2, -0.15) is 0 Å². The molecular formula is C14H14FNO2. The van der Waals surface area contributed by atoms with Gasteiger partial charge in [-0.1, -0.05) is 17.7 Å². The summed E-state index contributed by atoms with van der Waals surface area (Å²) < 4.78 is 13.6. The fourth-order valence-electron chi connectivity index (χ4n) is 2.15. The summed E-state index contributed by atoms with van der Waals surface area (Å²) in [6.45, 7) is 3.25. The minimum Gasteiger partial charge on any atom is -0.308 e. The van der Waals surface area contributed by atoms with Crippen LogP contribution in [-0.4, -0.2) is 22.6 Å². The quantitative estimate of drug-likeness (QED) is 0.753. The van der Waals surface area contributed by atoms with Crippen molar-refractivity contribution in [3.63, 3.8) is 0 Å². The number of halogens is 1. The molecule has 0 aliphatic carbocycles. The summed E-state index contributed by atoms with van der Waals surface area (Å²) in [4.78, 5) is 25.1. The maximum absolute atomic E-state index is 13.6. The minimum atomic E-state index is -0.612. The molecule has 0 radical (unpaired) electrons. The van der Waals surface area contributed by atoms with Crippen LogP contribution < -0.4 is 0 Å². The molecule has 1 aliphatic heterocycles. The fourth-order valence-corrected chi connectivity index (χ4v) is 2.15. The standard InChI is InChI=1S/C14H14FNO2/c1-9-7-13(16(8-9)10(2)17)14(18)11-5-3-4-6-12(11)15/h3-6,8,13H,7H2,1-2H3. The number of carbonyl (C=O) groups excluding carboxylic acids is 2. The van der Waals surface area contributed by atoms with Crippen molar-refractivity contribution < 1.29 is 14.0 Å². The van der Waals surface area contributed by atoms with Crippen LogP contribution in [0.2, 0.25) is 0 Å². The van der Waals surface area contributed by atoms with Crippen LogP contribution in [0.5, 0.6) is 0 Å². The monoisotopic (exact) mass is 247 g/mol. The average Bonchev–Trinajstić information content (AvgIpc) is 2.71. The van der Waals surface area contributed by atoms with E-state index >= 15 is 0 Å². The highest BCUT2D eigenvalue weighted by molar-refractivity contribution is 6.02. The Labute approximate surface area is 105 Å². The van der Waals surface area contributed by atoms with E-state index in [1.54, 1.807) is 12.3 Å². The van der Waals surface area contributed by atoms with Crippen LogP contribution in [0.3, 0.4) is 0 Å². The largest absolute Gasteiger partial charge is 0.308 e. The number of hydrogen-bond donors (Lipinski definition) is 0. The average molecular weight is 247 g/mol. The first-order valence-corrected chi connectivity index (χ1v) is 5.75. The van der Waals surface area contributed by atoms with Crippen LogP contribution in [0.15, 0.2) is 36.0 Å². The summed E-state index contributed by atoms with van der Waals surface area (Å²) in [6, 6.07) is 5.24. The van der Waals surface area contributed by atoms with Crippen LogP contribution in [0, 0.1) is 5.82 Å². The second-order valence-electron chi connectivity index (χ2n) is 4.47. The molecule has 0 N–H and O–H groups in total. The molecule has 1 amide bonds. The van der Waals surface area contributed by atoms with Gasteiger partial charge >= 0.3 is 0 Å². The van der Waals surface area contributed by atoms with Crippen molar-refractivity contribution in [1.82, 2.24) is 4.90 Å². The molecule has 1 unspecified atom stereocenters. The molecule has 94 valence electrons. The zero-order chi connectivity index (χ0) is 13.3. The number of rotatable bonds is 2. The summed E-state index contributed by atoms with van der Waals surface area (Å²) in [5.41, 5.74) is 0.983. The van der Waals surface area contributed by atoms with Crippen molar-refractivity contribution in [2.45, 2.75) is 26.3 Å². The molecule has 0 saturated carbocycles. The number of Topliss-reactive ketones (excluding diaryl/α,β-unsaturated/α-hetero) is 1. The Hall–Kier alpha value is -1.97. The molecule has 1 aromatic carbocycles. The van der Waals surface area contributed by atoms with Gasteiger partial charge in [-0.05, 0) is 25.5 Å². The second kappa shape index (κ2) is 4.72. The highest BCUT2D eigenvalue weighted by Crippen LogP contribution is 2.25. The molecule has 0 spiro atoms. The number of hydrogen-bond acceptors (Lipinski definition) is 2. The van der Waals surface area contributed by atoms with E-state index < -0.39 is 11.9 Å². The minimum absolute atomic E-state index is 0.0388. The van der Waals surface area contributed by atoms with Crippen molar-refractivity contribution in [1.29, 1.82) is 0 Å². The lowest BCUT2D eigenvalue weighted by molar-refractivity contribution is -0.127. The van der Waals surface area contributed by atoms with Gasteiger partial charge in [-0.25, -0.2) is 4.39 Å². The Bertz CT molecular complexity index is 536. The highest BCUT2D eigenvalue weighted by atomic mass is 19.1. The molecule has 1 aromatic rings. The third kappa shape index (κ3) is 2.18. The molecule has 3 nitrogen and oxygen atoms in total. The van der Waals surface area contributed by atoms with E-state index in [9.17, 15) is 14.0 Å². The Morgan fingerprint density at radius 3 is 2.61 bits per heavy atom. The molecule has 0 bridgehead atoms. The zero-order valence-corrected chi connectivity index (χ0v) is 10.3. The summed E-state index contributed by atoms with van der Waals surface area (Å²) >= 11 is 0. The van der Waals surface area contributed by atoms with Gasteiger partial charge in [0.15, 0.2) is 5.78 Å². The summed E-state index contributed by atoms with van der Waals surface area (Å²) in [5.74, 6) is -1.10. The van der Waals surface area contributed by atoms with Gasteiger partial charge in [0, 0.05) is 13.1 Å². The number of nitrogens with zero attached hydrogens (tertiary/aromatic N) is 1. The lowest BCUT2D eigenvalue weighted by Gasteiger charge is -2.21. The molecule has 0 aromatic heterocycles. The molecule has 0 saturated heterocycles. The van der Waals surface area contributed by atoms with Crippen LogP contribution in [0.25, 0.3) is 0 Å². The Kier molecular flexibility index (Phi) is 3.28. The third-order valence-corrected chi connectivity index (χ3v) is 3.02. The van der Waals surface area contributed by atoms with E-state index in [4.69, 9.17) is 0 Å². The second-order valence-corrected chi connectivity index (χ2v) is 4.47. The topological polar surface area (TPSA) is 37.4 Å². The summed E-state index contributed by atoms with van der Waals surface area (Å²) in [7, 11) is 0. The van der Waals surface area contributed by atoms with Gasteiger partial charge < -0.3 is 4.90 Å². The number of benzene rings is 1. The predicted molar refractivity (Wildman–Crippen MR) is 65.4 cm³/mol. The smallest absolute Gasteiger partial charge is 0.224 e. The van der Waals surface area contributed by atoms with E-state index in [1.807, 2.05) is 6.92 Å². The van der Waals surface area contributed by atoms with Crippen molar-refractivity contribution >= 4 is 11.7 Å². The molecule has 0 fully saturated rings. The molecule has 18 heavy (non-hydrogen) atoms. The van der Waals surface area contributed by atoms with Gasteiger partial charge in [0.2, 0.25) is 5.91 Å². The maximum Gasteiger partial charge on any atom is 0.224 e. The van der Waals surface area contributed by atoms with E-state index in [0.29, 0.717) is 6.42 Å². The molecule has 1 atom stereocenters. The normalized spacial score (nSPS) is 18.7. The van der Waals surface area contributed by atoms with Gasteiger partial charge in [0.25, 0.3) is 0 Å². The van der Waals surface area contributed by atoms with Crippen molar-refractivity contribution in [3.8, 4) is 0 Å². The summed E-state index contributed by atoms with van der Waals surface area (Å²) in [5, 5.41) is 0. The number of amides is 1. The van der Waals surface area contributed by atoms with Crippen molar-refractivity contribution in [3.05, 3.63) is 47.4 Å². The third-order valence-electron chi connectivity index (χ3n) is 3.02. The van der Waals surface area contributed by atoms with Crippen LogP contribution in [0.1, 0.15) is 30.6 Å². The Morgan fingerprint density at radius 1 is 1.33 bits per heavy atom. The first kappa shape index (κ1) is 12.5. The lowest BCUT2D eigenvalue weighted by Crippen LogP contribution is -2.37. The van der Waals surface area contributed by atoms with Crippen LogP contribution >= 0.6 is 0 Å². The molecule has 4 heteroatoms. The lowest BCUT2D eigenvalue weighted by atomic mass is 10.00. The zero-order valence-electron chi connectivity index (χ0n) is 10.3. The van der Waals surface area contributed by atoms with E-state index in [2.05, 4.69) is 0 Å². The molecule has 1 aliphatic rings. The van der Waals surface area contributed by atoms with Crippen LogP contribution in [0.4, 0.5) is 4.39 Å². The number of carbonyl (C=O) groups is 2. The van der Waals surface area contributed by atoms with Crippen LogP contribution in [-0.2, 0) is 4.79 Å². The fraction of sp³-hybridized carbons (Fsp3) is 0.286. The maximum atomic E-state index is 13.6. The van der Waals surface area contributed by atoms with Gasteiger partial charge in [-0.3, -0.25) is 9.59 Å². The molecule has 2 rings (SSSR count). The van der Waals surface area contributed by atoms with E-state index in [-0.39, 0.29) is 17.3 Å². The molecular weight excluding hydrogens is 233 g/mol. The Balaban J connectivity index is 2.30. The predicted octanol–water partition coefficient (Wildman–Crippen LogP) is 2.53. The molecule has 1 heterocycles. The first-order chi connectivity index (χ1) is 8.50. The van der Waals surface area contributed by atoms with E-state index in [1.165, 1.54) is 30.0 Å². The Morgan fingerprint density at radius 2 is 2.00 bits per heavy atom. The van der Waals surface area contributed by atoms with Crippen molar-refractivity contribution in [2.24, 2.45) is 0 Å². The summed E-state index contributed by atoms with van der Waals surface area (Å²) in [6.07, 6.45) is 2.12. The van der Waals surface area contributed by atoms with Gasteiger partial charge in [0.1, 0.15) is 11.9 Å². The SMILES string of the molecule is CC(=O)N1C=C(C)CC1C(=O)c1ccccc1F. The van der Waals surface area contributed by atoms with Crippen molar-refractivity contribution in [2.75, 3.05) is 0 Å². The van der Waals surface area contributed by atoms with Gasteiger partial charge in [-0.15, -0.1) is 0 Å².